The van der Waals surface area contributed by atoms with E-state index in [9.17, 15) is 19.8 Å². The fourth-order valence-corrected chi connectivity index (χ4v) is 2.01. The van der Waals surface area contributed by atoms with Crippen LogP contribution in [0.2, 0.25) is 0 Å². The van der Waals surface area contributed by atoms with Gasteiger partial charge in [-0.05, 0) is 24.0 Å². The first kappa shape index (κ1) is 16.0. The monoisotopic (exact) mass is 280 g/mol. The van der Waals surface area contributed by atoms with E-state index in [1.54, 1.807) is 6.07 Å². The Balaban J connectivity index is 2.52. The smallest absolute Gasteiger partial charge is 0.306 e. The van der Waals surface area contributed by atoms with Crippen LogP contribution in [0.4, 0.5) is 0 Å². The van der Waals surface area contributed by atoms with Crippen molar-refractivity contribution in [3.05, 3.63) is 23.8 Å². The summed E-state index contributed by atoms with van der Waals surface area (Å²) >= 11 is 0. The van der Waals surface area contributed by atoms with Crippen molar-refractivity contribution in [1.82, 2.24) is 0 Å². The molecule has 0 heterocycles. The van der Waals surface area contributed by atoms with Gasteiger partial charge in [-0.1, -0.05) is 19.9 Å². The number of carbonyl (C=O) groups excluding carboxylic acids is 1. The number of phenols is 2. The lowest BCUT2D eigenvalue weighted by Crippen LogP contribution is -2.14. The number of rotatable bonds is 7. The average molecular weight is 280 g/mol. The molecule has 0 aliphatic carbocycles. The number of ketones is 1. The number of carbonyl (C=O) groups is 2. The number of benzene rings is 1. The molecule has 1 aromatic rings. The molecule has 20 heavy (non-hydrogen) atoms. The zero-order valence-electron chi connectivity index (χ0n) is 11.7. The van der Waals surface area contributed by atoms with E-state index in [1.165, 1.54) is 19.1 Å². The Morgan fingerprint density at radius 1 is 1.20 bits per heavy atom. The van der Waals surface area contributed by atoms with Crippen molar-refractivity contribution < 1.29 is 24.9 Å². The van der Waals surface area contributed by atoms with Gasteiger partial charge >= 0.3 is 5.97 Å². The van der Waals surface area contributed by atoms with Gasteiger partial charge < -0.3 is 15.3 Å². The molecule has 2 atom stereocenters. The van der Waals surface area contributed by atoms with E-state index in [2.05, 4.69) is 0 Å². The molecular weight excluding hydrogens is 260 g/mol. The Morgan fingerprint density at radius 2 is 1.85 bits per heavy atom. The molecule has 0 saturated heterocycles. The number of Topliss-reactive ketones (excluding diaryl/α,β-unsaturated/α-hetero) is 1. The van der Waals surface area contributed by atoms with Gasteiger partial charge in [0.1, 0.15) is 17.3 Å². The second-order valence-electron chi connectivity index (χ2n) is 5.16. The van der Waals surface area contributed by atoms with Crippen molar-refractivity contribution in [3.63, 3.8) is 0 Å². The minimum absolute atomic E-state index is 0.00357. The molecule has 0 radical (unpaired) electrons. The van der Waals surface area contributed by atoms with Gasteiger partial charge in [-0.3, -0.25) is 9.59 Å². The number of carboxylic acid groups (broad SMARTS) is 1. The molecule has 5 heteroatoms. The van der Waals surface area contributed by atoms with Crippen LogP contribution in [0.1, 0.15) is 44.6 Å². The first-order chi connectivity index (χ1) is 9.31. The van der Waals surface area contributed by atoms with Crippen molar-refractivity contribution in [2.24, 2.45) is 5.92 Å². The Labute approximate surface area is 117 Å². The van der Waals surface area contributed by atoms with Gasteiger partial charge in [-0.2, -0.15) is 0 Å². The summed E-state index contributed by atoms with van der Waals surface area (Å²) in [5, 5.41) is 27.7. The summed E-state index contributed by atoms with van der Waals surface area (Å²) in [7, 11) is 0. The molecule has 110 valence electrons. The first-order valence-electron chi connectivity index (χ1n) is 6.57. The molecule has 5 nitrogen and oxygen atoms in total. The fraction of sp³-hybridized carbons (Fsp3) is 0.467. The van der Waals surface area contributed by atoms with Crippen LogP contribution in [-0.4, -0.2) is 27.1 Å². The van der Waals surface area contributed by atoms with E-state index in [-0.39, 0.29) is 36.0 Å². The summed E-state index contributed by atoms with van der Waals surface area (Å²) in [6.45, 7) is 3.38. The normalized spacial score (nSPS) is 13.7. The maximum Gasteiger partial charge on any atom is 0.306 e. The topological polar surface area (TPSA) is 94.8 Å². The third-order valence-corrected chi connectivity index (χ3v) is 3.36. The van der Waals surface area contributed by atoms with Gasteiger partial charge in [0, 0.05) is 18.9 Å². The van der Waals surface area contributed by atoms with Crippen molar-refractivity contribution in [1.29, 1.82) is 0 Å². The zero-order valence-corrected chi connectivity index (χ0v) is 11.7. The van der Waals surface area contributed by atoms with Crippen LogP contribution in [0.25, 0.3) is 0 Å². The number of hydrogen-bond donors (Lipinski definition) is 3. The fourth-order valence-electron chi connectivity index (χ4n) is 2.01. The number of aromatic hydroxyl groups is 2. The van der Waals surface area contributed by atoms with Crippen molar-refractivity contribution in [2.45, 2.75) is 39.0 Å². The van der Waals surface area contributed by atoms with E-state index < -0.39 is 11.9 Å². The SMILES string of the molecule is CC(CCC(=O)C[C@@H](C)C(=O)O)c1ccc(O)cc1O. The standard InChI is InChI=1S/C15H20O5/c1-9(13-6-5-12(17)8-14(13)18)3-4-11(16)7-10(2)15(19)20/h5-6,8-10,17-18H,3-4,7H2,1-2H3,(H,19,20)/t9?,10-/m1/s1. The van der Waals surface area contributed by atoms with Crippen molar-refractivity contribution in [2.75, 3.05) is 0 Å². The van der Waals surface area contributed by atoms with E-state index in [1.807, 2.05) is 6.92 Å². The largest absolute Gasteiger partial charge is 0.508 e. The molecule has 0 spiro atoms. The highest BCUT2D eigenvalue weighted by Gasteiger charge is 2.17. The second-order valence-corrected chi connectivity index (χ2v) is 5.16. The predicted molar refractivity (Wildman–Crippen MR) is 73.8 cm³/mol. The minimum atomic E-state index is -0.970. The van der Waals surface area contributed by atoms with Crippen LogP contribution >= 0.6 is 0 Å². The molecular formula is C15H20O5. The summed E-state index contributed by atoms with van der Waals surface area (Å²) < 4.78 is 0. The van der Waals surface area contributed by atoms with Gasteiger partial charge in [0.05, 0.1) is 5.92 Å². The molecule has 0 fully saturated rings. The Hall–Kier alpha value is -2.04. The van der Waals surface area contributed by atoms with E-state index >= 15 is 0 Å². The molecule has 1 unspecified atom stereocenters. The molecule has 0 aliphatic rings. The van der Waals surface area contributed by atoms with E-state index in [4.69, 9.17) is 5.11 Å². The highest BCUT2D eigenvalue weighted by molar-refractivity contribution is 5.83. The Bertz CT molecular complexity index is 495. The van der Waals surface area contributed by atoms with Crippen LogP contribution in [-0.2, 0) is 9.59 Å². The molecule has 0 amide bonds. The number of aliphatic carboxylic acids is 1. The van der Waals surface area contributed by atoms with Crippen LogP contribution in [0.3, 0.4) is 0 Å². The molecule has 0 aliphatic heterocycles. The number of hydrogen-bond acceptors (Lipinski definition) is 4. The lowest BCUT2D eigenvalue weighted by molar-refractivity contribution is -0.143. The van der Waals surface area contributed by atoms with Gasteiger partial charge in [0.15, 0.2) is 0 Å². The molecule has 0 aromatic heterocycles. The van der Waals surface area contributed by atoms with Gasteiger partial charge in [0.25, 0.3) is 0 Å². The lowest BCUT2D eigenvalue weighted by atomic mass is 9.92. The van der Waals surface area contributed by atoms with Crippen molar-refractivity contribution in [3.8, 4) is 11.5 Å². The molecule has 1 rings (SSSR count). The average Bonchev–Trinajstić information content (AvgIpc) is 2.35. The second kappa shape index (κ2) is 6.93. The summed E-state index contributed by atoms with van der Waals surface area (Å²) in [5.74, 6) is -1.78. The van der Waals surface area contributed by atoms with Crippen LogP contribution in [0.15, 0.2) is 18.2 Å². The summed E-state index contributed by atoms with van der Waals surface area (Å²) in [4.78, 5) is 22.3. The molecule has 3 N–H and O–H groups in total. The highest BCUT2D eigenvalue weighted by Crippen LogP contribution is 2.31. The number of carboxylic acids is 1. The van der Waals surface area contributed by atoms with Gasteiger partial charge in [-0.15, -0.1) is 0 Å². The third kappa shape index (κ3) is 4.57. The quantitative estimate of drug-likeness (QED) is 0.713. The first-order valence-corrected chi connectivity index (χ1v) is 6.57. The summed E-state index contributed by atoms with van der Waals surface area (Å²) in [6.07, 6.45) is 0.840. The predicted octanol–water partition coefficient (Wildman–Crippen LogP) is 2.66. The van der Waals surface area contributed by atoms with E-state index in [0.29, 0.717) is 12.0 Å². The van der Waals surface area contributed by atoms with E-state index in [0.717, 1.165) is 0 Å². The number of phenolic OH excluding ortho intramolecular Hbond substituents is 2. The summed E-state index contributed by atoms with van der Waals surface area (Å²) in [5.41, 5.74) is 0.668. The summed E-state index contributed by atoms with van der Waals surface area (Å²) in [6, 6.07) is 4.37. The Kier molecular flexibility index (Phi) is 5.55. The van der Waals surface area contributed by atoms with Gasteiger partial charge in [-0.25, -0.2) is 0 Å². The van der Waals surface area contributed by atoms with Gasteiger partial charge in [0.2, 0.25) is 0 Å². The molecule has 1 aromatic carbocycles. The molecule has 0 bridgehead atoms. The van der Waals surface area contributed by atoms with Crippen LogP contribution < -0.4 is 0 Å². The third-order valence-electron chi connectivity index (χ3n) is 3.36. The van der Waals surface area contributed by atoms with Crippen LogP contribution in [0, 0.1) is 5.92 Å². The van der Waals surface area contributed by atoms with Crippen LogP contribution in [0.5, 0.6) is 11.5 Å². The maximum atomic E-state index is 11.7. The minimum Gasteiger partial charge on any atom is -0.508 e. The lowest BCUT2D eigenvalue weighted by Gasteiger charge is -2.13. The van der Waals surface area contributed by atoms with Crippen molar-refractivity contribution >= 4 is 11.8 Å². The Morgan fingerprint density at radius 3 is 2.40 bits per heavy atom. The maximum absolute atomic E-state index is 11.7. The zero-order chi connectivity index (χ0) is 15.3. The molecule has 0 saturated carbocycles. The highest BCUT2D eigenvalue weighted by atomic mass is 16.4.